The smallest absolute Gasteiger partial charge is 0.229 e. The van der Waals surface area contributed by atoms with Crippen molar-refractivity contribution >= 4 is 22.5 Å². The van der Waals surface area contributed by atoms with E-state index in [1.54, 1.807) is 14.2 Å². The average Bonchev–Trinajstić information content (AvgIpc) is 3.21. The van der Waals surface area contributed by atoms with Gasteiger partial charge in [0, 0.05) is 31.3 Å². The lowest BCUT2D eigenvalue weighted by atomic mass is 10.1. The van der Waals surface area contributed by atoms with Crippen molar-refractivity contribution in [3.05, 3.63) is 48.3 Å². The Hall–Kier alpha value is -3.55. The Kier molecular flexibility index (Phi) is 4.97. The third kappa shape index (κ3) is 3.48. The maximum Gasteiger partial charge on any atom is 0.229 e. The molecule has 0 amide bonds. The lowest BCUT2D eigenvalue weighted by molar-refractivity contribution is 0.157. The van der Waals surface area contributed by atoms with Gasteiger partial charge < -0.3 is 19.1 Å². The molecule has 0 aliphatic carbocycles. The molecule has 160 valence electrons. The predicted octanol–water partition coefficient (Wildman–Crippen LogP) is 3.65. The number of methoxy groups -OCH3 is 2. The van der Waals surface area contributed by atoms with E-state index >= 15 is 0 Å². The van der Waals surface area contributed by atoms with Crippen LogP contribution < -0.4 is 19.1 Å². The van der Waals surface area contributed by atoms with Crippen LogP contribution in [0.3, 0.4) is 0 Å². The second-order valence-electron chi connectivity index (χ2n) is 7.62. The largest absolute Gasteiger partial charge is 0.493 e. The Bertz CT molecular complexity index is 1210. The SMILES string of the molecule is COc1cccc(OC)c1OC1CCN(c2nc3ccccc3c3nc(C)nn23)CC1. The van der Waals surface area contributed by atoms with Crippen LogP contribution in [0.2, 0.25) is 0 Å². The van der Waals surface area contributed by atoms with Gasteiger partial charge in [-0.05, 0) is 31.2 Å². The third-order valence-electron chi connectivity index (χ3n) is 5.66. The third-order valence-corrected chi connectivity index (χ3v) is 5.66. The van der Waals surface area contributed by atoms with E-state index in [9.17, 15) is 0 Å². The van der Waals surface area contributed by atoms with Crippen LogP contribution in [0.5, 0.6) is 17.2 Å². The van der Waals surface area contributed by atoms with E-state index in [0.717, 1.165) is 54.3 Å². The van der Waals surface area contributed by atoms with Crippen LogP contribution in [0.25, 0.3) is 16.6 Å². The van der Waals surface area contributed by atoms with Crippen LogP contribution in [-0.2, 0) is 0 Å². The van der Waals surface area contributed by atoms with Gasteiger partial charge in [-0.3, -0.25) is 0 Å². The zero-order valence-corrected chi connectivity index (χ0v) is 17.9. The van der Waals surface area contributed by atoms with Gasteiger partial charge in [-0.15, -0.1) is 5.10 Å². The molecule has 2 aromatic heterocycles. The fraction of sp³-hybridized carbons (Fsp3) is 0.348. The number of fused-ring (bicyclic) bond motifs is 3. The summed E-state index contributed by atoms with van der Waals surface area (Å²) in [6.45, 7) is 3.52. The number of aromatic nitrogens is 4. The molecule has 8 heteroatoms. The molecular formula is C23H25N5O3. The van der Waals surface area contributed by atoms with Crippen LogP contribution in [0.4, 0.5) is 5.95 Å². The van der Waals surface area contributed by atoms with Crippen molar-refractivity contribution in [2.45, 2.75) is 25.9 Å². The molecule has 0 saturated carbocycles. The zero-order valence-electron chi connectivity index (χ0n) is 17.9. The molecule has 0 radical (unpaired) electrons. The Morgan fingerprint density at radius 3 is 2.32 bits per heavy atom. The van der Waals surface area contributed by atoms with Crippen LogP contribution in [0, 0.1) is 6.92 Å². The fourth-order valence-electron chi connectivity index (χ4n) is 4.12. The highest BCUT2D eigenvalue weighted by molar-refractivity contribution is 5.92. The molecule has 8 nitrogen and oxygen atoms in total. The van der Waals surface area contributed by atoms with Crippen molar-refractivity contribution < 1.29 is 14.2 Å². The molecule has 5 rings (SSSR count). The van der Waals surface area contributed by atoms with E-state index in [2.05, 4.69) is 15.0 Å². The van der Waals surface area contributed by atoms with Crippen molar-refractivity contribution in [2.24, 2.45) is 0 Å². The molecule has 3 heterocycles. The van der Waals surface area contributed by atoms with Crippen LogP contribution in [0.1, 0.15) is 18.7 Å². The molecule has 2 aromatic carbocycles. The summed E-state index contributed by atoms with van der Waals surface area (Å²) in [6, 6.07) is 13.7. The Morgan fingerprint density at radius 1 is 0.903 bits per heavy atom. The van der Waals surface area contributed by atoms with Gasteiger partial charge in [-0.25, -0.2) is 9.97 Å². The Labute approximate surface area is 180 Å². The van der Waals surface area contributed by atoms with Gasteiger partial charge in [-0.2, -0.15) is 4.52 Å². The van der Waals surface area contributed by atoms with Gasteiger partial charge >= 0.3 is 0 Å². The summed E-state index contributed by atoms with van der Waals surface area (Å²) < 4.78 is 19.1. The molecule has 1 aliphatic heterocycles. The molecule has 0 atom stereocenters. The molecular weight excluding hydrogens is 394 g/mol. The predicted molar refractivity (Wildman–Crippen MR) is 118 cm³/mol. The quantitative estimate of drug-likeness (QED) is 0.489. The number of hydrogen-bond donors (Lipinski definition) is 0. The maximum absolute atomic E-state index is 6.31. The van der Waals surface area contributed by atoms with Gasteiger partial charge in [0.2, 0.25) is 11.7 Å². The highest BCUT2D eigenvalue weighted by Crippen LogP contribution is 2.38. The molecule has 1 aliphatic rings. The van der Waals surface area contributed by atoms with Crippen molar-refractivity contribution in [1.29, 1.82) is 0 Å². The van der Waals surface area contributed by atoms with Crippen molar-refractivity contribution in [3.8, 4) is 17.2 Å². The van der Waals surface area contributed by atoms with E-state index in [-0.39, 0.29) is 6.10 Å². The van der Waals surface area contributed by atoms with E-state index in [4.69, 9.17) is 19.2 Å². The van der Waals surface area contributed by atoms with Gasteiger partial charge in [-0.1, -0.05) is 18.2 Å². The summed E-state index contributed by atoms with van der Waals surface area (Å²) in [7, 11) is 3.28. The summed E-state index contributed by atoms with van der Waals surface area (Å²) in [5.74, 6) is 3.57. The molecule has 1 fully saturated rings. The molecule has 0 bridgehead atoms. The molecule has 1 saturated heterocycles. The number of benzene rings is 2. The first-order chi connectivity index (χ1) is 15.2. The Morgan fingerprint density at radius 2 is 1.61 bits per heavy atom. The van der Waals surface area contributed by atoms with Crippen LogP contribution in [-0.4, -0.2) is 53.0 Å². The normalized spacial score (nSPS) is 14.9. The van der Waals surface area contributed by atoms with E-state index in [1.165, 1.54) is 0 Å². The minimum atomic E-state index is 0.0647. The monoisotopic (exact) mass is 419 g/mol. The summed E-state index contributed by atoms with van der Waals surface area (Å²) >= 11 is 0. The summed E-state index contributed by atoms with van der Waals surface area (Å²) in [5.41, 5.74) is 1.77. The maximum atomic E-state index is 6.31. The van der Waals surface area contributed by atoms with Gasteiger partial charge in [0.15, 0.2) is 17.1 Å². The Balaban J connectivity index is 1.40. The standard InChI is InChI=1S/C23H25N5O3/c1-15-24-22-17-7-4-5-8-18(17)25-23(28(22)26-15)27-13-11-16(12-14-27)31-21-19(29-2)9-6-10-20(21)30-3/h4-10,16H,11-14H2,1-3H3. The second kappa shape index (κ2) is 7.94. The zero-order chi connectivity index (χ0) is 21.4. The minimum Gasteiger partial charge on any atom is -0.493 e. The number of para-hydroxylation sites is 2. The van der Waals surface area contributed by atoms with Crippen LogP contribution >= 0.6 is 0 Å². The molecule has 31 heavy (non-hydrogen) atoms. The molecule has 0 spiro atoms. The average molecular weight is 419 g/mol. The number of hydrogen-bond acceptors (Lipinski definition) is 7. The number of piperidine rings is 1. The number of rotatable bonds is 5. The molecule has 4 aromatic rings. The van der Waals surface area contributed by atoms with E-state index in [1.807, 2.05) is 53.9 Å². The van der Waals surface area contributed by atoms with E-state index < -0.39 is 0 Å². The topological polar surface area (TPSA) is 74.0 Å². The van der Waals surface area contributed by atoms with Gasteiger partial charge in [0.05, 0.1) is 19.7 Å². The summed E-state index contributed by atoms with van der Waals surface area (Å²) in [6.07, 6.45) is 1.77. The van der Waals surface area contributed by atoms with Crippen molar-refractivity contribution in [1.82, 2.24) is 19.6 Å². The highest BCUT2D eigenvalue weighted by atomic mass is 16.5. The number of aryl methyl sites for hydroxylation is 1. The van der Waals surface area contributed by atoms with E-state index in [0.29, 0.717) is 17.2 Å². The second-order valence-corrected chi connectivity index (χ2v) is 7.62. The first kappa shape index (κ1) is 19.4. The highest BCUT2D eigenvalue weighted by Gasteiger charge is 2.26. The number of nitrogens with zero attached hydrogens (tertiary/aromatic N) is 5. The fourth-order valence-corrected chi connectivity index (χ4v) is 4.12. The van der Waals surface area contributed by atoms with Gasteiger partial charge in [0.1, 0.15) is 11.9 Å². The lowest BCUT2D eigenvalue weighted by Crippen LogP contribution is -2.39. The first-order valence-electron chi connectivity index (χ1n) is 10.4. The van der Waals surface area contributed by atoms with Gasteiger partial charge in [0.25, 0.3) is 0 Å². The molecule has 0 unspecified atom stereocenters. The summed E-state index contributed by atoms with van der Waals surface area (Å²) in [4.78, 5) is 11.8. The van der Waals surface area contributed by atoms with Crippen molar-refractivity contribution in [2.75, 3.05) is 32.2 Å². The first-order valence-corrected chi connectivity index (χ1v) is 10.4. The molecule has 0 N–H and O–H groups in total. The summed E-state index contributed by atoms with van der Waals surface area (Å²) in [5, 5.41) is 5.62. The lowest BCUT2D eigenvalue weighted by Gasteiger charge is -2.33. The van der Waals surface area contributed by atoms with Crippen LogP contribution in [0.15, 0.2) is 42.5 Å². The number of anilines is 1. The number of ether oxygens (including phenoxy) is 3. The minimum absolute atomic E-state index is 0.0647. The van der Waals surface area contributed by atoms with Crippen molar-refractivity contribution in [3.63, 3.8) is 0 Å².